The molecule has 5 nitrogen and oxygen atoms in total. The number of halogens is 1. The van der Waals surface area contributed by atoms with Crippen LogP contribution < -0.4 is 9.64 Å². The Morgan fingerprint density at radius 2 is 1.88 bits per heavy atom. The molecule has 0 saturated heterocycles. The van der Waals surface area contributed by atoms with Crippen LogP contribution in [0.5, 0.6) is 6.01 Å². The predicted molar refractivity (Wildman–Crippen MR) is 99.1 cm³/mol. The molecular formula is C19H24ClN3O2. The van der Waals surface area contributed by atoms with Crippen molar-refractivity contribution in [3.63, 3.8) is 0 Å². The molecule has 134 valence electrons. The van der Waals surface area contributed by atoms with Crippen molar-refractivity contribution in [2.45, 2.75) is 44.2 Å². The Morgan fingerprint density at radius 1 is 1.16 bits per heavy atom. The molecule has 25 heavy (non-hydrogen) atoms. The lowest BCUT2D eigenvalue weighted by Gasteiger charge is -2.38. The van der Waals surface area contributed by atoms with E-state index in [0.29, 0.717) is 24.1 Å². The van der Waals surface area contributed by atoms with Gasteiger partial charge in [0, 0.05) is 23.5 Å². The summed E-state index contributed by atoms with van der Waals surface area (Å²) in [5.74, 6) is 0. The summed E-state index contributed by atoms with van der Waals surface area (Å²) < 4.78 is 5.12. The number of ether oxygens (including phenoxy) is 1. The molecule has 3 rings (SSSR count). The lowest BCUT2D eigenvalue weighted by Crippen LogP contribution is -2.44. The van der Waals surface area contributed by atoms with E-state index >= 15 is 0 Å². The van der Waals surface area contributed by atoms with Crippen LogP contribution in [0.3, 0.4) is 0 Å². The minimum Gasteiger partial charge on any atom is -0.467 e. The highest BCUT2D eigenvalue weighted by Gasteiger charge is 2.31. The zero-order chi connectivity index (χ0) is 17.7. The van der Waals surface area contributed by atoms with Gasteiger partial charge in [-0.3, -0.25) is 0 Å². The number of hydrogen-bond acceptors (Lipinski definition) is 5. The van der Waals surface area contributed by atoms with E-state index in [0.717, 1.165) is 37.1 Å². The molecule has 1 N–H and O–H groups in total. The molecule has 0 radical (unpaired) electrons. The van der Waals surface area contributed by atoms with Crippen LogP contribution in [0.1, 0.15) is 37.8 Å². The maximum absolute atomic E-state index is 11.0. The minimum absolute atomic E-state index is 0.352. The number of nitrogens with zero attached hydrogens (tertiary/aromatic N) is 3. The summed E-state index contributed by atoms with van der Waals surface area (Å²) in [6, 6.07) is 9.92. The monoisotopic (exact) mass is 361 g/mol. The van der Waals surface area contributed by atoms with Crippen molar-refractivity contribution in [3.05, 3.63) is 47.2 Å². The van der Waals surface area contributed by atoms with Gasteiger partial charge in [-0.05, 0) is 43.2 Å². The fraction of sp³-hybridized carbons (Fsp3) is 0.474. The average molecular weight is 362 g/mol. The van der Waals surface area contributed by atoms with Gasteiger partial charge in [-0.1, -0.05) is 30.9 Å². The average Bonchev–Trinajstić information content (AvgIpc) is 2.62. The molecule has 1 aromatic heterocycles. The van der Waals surface area contributed by atoms with Crippen LogP contribution >= 0.6 is 11.6 Å². The molecule has 1 saturated carbocycles. The van der Waals surface area contributed by atoms with Crippen LogP contribution in [0.15, 0.2) is 36.5 Å². The number of aromatic nitrogens is 2. The number of anilines is 1. The highest BCUT2D eigenvalue weighted by molar-refractivity contribution is 6.30. The van der Waals surface area contributed by atoms with Gasteiger partial charge in [0.15, 0.2) is 0 Å². The fourth-order valence-corrected chi connectivity index (χ4v) is 3.50. The second kappa shape index (κ2) is 8.02. The Labute approximate surface area is 153 Å². The molecule has 2 aromatic rings. The van der Waals surface area contributed by atoms with E-state index in [9.17, 15) is 5.11 Å². The van der Waals surface area contributed by atoms with Gasteiger partial charge in [0.25, 0.3) is 0 Å². The van der Waals surface area contributed by atoms with Crippen molar-refractivity contribution in [2.24, 2.45) is 0 Å². The standard InChI is InChI=1S/C19H24ClN3O2/c1-25-18-21-12-9-16(22-18)13-23(17-7-5-15(20)6-8-17)14-19(24)10-3-2-4-11-19/h5-9,12,24H,2-4,10-11,13-14H2,1H3. The largest absolute Gasteiger partial charge is 0.467 e. The van der Waals surface area contributed by atoms with Crippen LogP contribution in [0.25, 0.3) is 0 Å². The first kappa shape index (κ1) is 18.0. The molecule has 0 spiro atoms. The van der Waals surface area contributed by atoms with Crippen LogP contribution in [-0.4, -0.2) is 34.3 Å². The molecule has 1 aliphatic carbocycles. The van der Waals surface area contributed by atoms with E-state index < -0.39 is 5.60 Å². The van der Waals surface area contributed by atoms with Crippen molar-refractivity contribution < 1.29 is 9.84 Å². The van der Waals surface area contributed by atoms with E-state index in [4.69, 9.17) is 16.3 Å². The lowest BCUT2D eigenvalue weighted by atomic mass is 9.84. The third-order valence-corrected chi connectivity index (χ3v) is 4.94. The predicted octanol–water partition coefficient (Wildman–Crippen LogP) is 3.84. The normalized spacial score (nSPS) is 16.4. The maximum Gasteiger partial charge on any atom is 0.316 e. The van der Waals surface area contributed by atoms with E-state index in [1.165, 1.54) is 6.42 Å². The number of hydrogen-bond donors (Lipinski definition) is 1. The second-order valence-corrected chi connectivity index (χ2v) is 7.09. The molecule has 0 atom stereocenters. The molecule has 0 unspecified atom stereocenters. The summed E-state index contributed by atoms with van der Waals surface area (Å²) in [5, 5.41) is 11.7. The topological polar surface area (TPSA) is 58.5 Å². The first-order valence-corrected chi connectivity index (χ1v) is 9.05. The minimum atomic E-state index is -0.658. The lowest BCUT2D eigenvalue weighted by molar-refractivity contribution is 0.0107. The van der Waals surface area contributed by atoms with Gasteiger partial charge >= 0.3 is 6.01 Å². The summed E-state index contributed by atoms with van der Waals surface area (Å²) in [4.78, 5) is 10.6. The fourth-order valence-electron chi connectivity index (χ4n) is 3.37. The Kier molecular flexibility index (Phi) is 5.76. The Morgan fingerprint density at radius 3 is 2.56 bits per heavy atom. The molecule has 0 amide bonds. The highest BCUT2D eigenvalue weighted by atomic mass is 35.5. The third-order valence-electron chi connectivity index (χ3n) is 4.69. The van der Waals surface area contributed by atoms with Crippen molar-refractivity contribution in [1.82, 2.24) is 9.97 Å². The highest BCUT2D eigenvalue weighted by Crippen LogP contribution is 2.31. The summed E-state index contributed by atoms with van der Waals surface area (Å²) in [7, 11) is 1.56. The van der Waals surface area contributed by atoms with Gasteiger partial charge in [0.05, 0.1) is 24.9 Å². The molecule has 6 heteroatoms. The van der Waals surface area contributed by atoms with Gasteiger partial charge in [0.1, 0.15) is 0 Å². The summed E-state index contributed by atoms with van der Waals surface area (Å²) in [6.07, 6.45) is 6.72. The quantitative estimate of drug-likeness (QED) is 0.847. The van der Waals surface area contributed by atoms with Gasteiger partial charge in [-0.15, -0.1) is 0 Å². The van der Waals surface area contributed by atoms with Gasteiger partial charge in [-0.2, -0.15) is 4.98 Å². The number of rotatable bonds is 6. The van der Waals surface area contributed by atoms with Crippen molar-refractivity contribution in [1.29, 1.82) is 0 Å². The molecular weight excluding hydrogens is 338 g/mol. The van der Waals surface area contributed by atoms with E-state index in [-0.39, 0.29) is 0 Å². The number of methoxy groups -OCH3 is 1. The van der Waals surface area contributed by atoms with Crippen molar-refractivity contribution >= 4 is 17.3 Å². The van der Waals surface area contributed by atoms with E-state index in [1.54, 1.807) is 13.3 Å². The Bertz CT molecular complexity index is 687. The number of benzene rings is 1. The SMILES string of the molecule is COc1nccc(CN(CC2(O)CCCCC2)c2ccc(Cl)cc2)n1. The number of aliphatic hydroxyl groups is 1. The molecule has 0 aliphatic heterocycles. The maximum atomic E-state index is 11.0. The van der Waals surface area contributed by atoms with E-state index in [2.05, 4.69) is 14.9 Å². The Balaban J connectivity index is 1.84. The first-order valence-electron chi connectivity index (χ1n) is 8.67. The summed E-state index contributed by atoms with van der Waals surface area (Å²) in [5.41, 5.74) is 1.21. The molecule has 1 heterocycles. The van der Waals surface area contributed by atoms with Gasteiger partial charge in [0.2, 0.25) is 0 Å². The molecule has 1 aromatic carbocycles. The third kappa shape index (κ3) is 4.83. The van der Waals surface area contributed by atoms with Crippen LogP contribution in [0, 0.1) is 0 Å². The smallest absolute Gasteiger partial charge is 0.316 e. The summed E-state index contributed by atoms with van der Waals surface area (Å²) >= 11 is 6.03. The van der Waals surface area contributed by atoms with Crippen LogP contribution in [0.2, 0.25) is 5.02 Å². The zero-order valence-electron chi connectivity index (χ0n) is 14.5. The molecule has 0 bridgehead atoms. The van der Waals surface area contributed by atoms with Crippen LogP contribution in [0.4, 0.5) is 5.69 Å². The van der Waals surface area contributed by atoms with Crippen molar-refractivity contribution in [2.75, 3.05) is 18.6 Å². The van der Waals surface area contributed by atoms with Gasteiger partial charge in [-0.25, -0.2) is 4.98 Å². The van der Waals surface area contributed by atoms with Gasteiger partial charge < -0.3 is 14.7 Å². The van der Waals surface area contributed by atoms with Crippen LogP contribution in [-0.2, 0) is 6.54 Å². The molecule has 1 fully saturated rings. The van der Waals surface area contributed by atoms with Crippen molar-refractivity contribution in [3.8, 4) is 6.01 Å². The second-order valence-electron chi connectivity index (χ2n) is 6.65. The first-order chi connectivity index (χ1) is 12.1. The Hall–Kier alpha value is -1.85. The summed E-state index contributed by atoms with van der Waals surface area (Å²) in [6.45, 7) is 1.14. The zero-order valence-corrected chi connectivity index (χ0v) is 15.2. The molecule has 1 aliphatic rings. The van der Waals surface area contributed by atoms with E-state index in [1.807, 2.05) is 30.3 Å².